The second-order valence-corrected chi connectivity index (χ2v) is 7.59. The SMILES string of the molecule is O=C(c1cncc(F)c1)N1CCC2(CCCN(C3CCOCC3)C2=O)C1. The summed E-state index contributed by atoms with van der Waals surface area (Å²) in [6.07, 6.45) is 6.70. The Labute approximate surface area is 152 Å². The summed E-state index contributed by atoms with van der Waals surface area (Å²) in [6, 6.07) is 1.46. The predicted molar refractivity (Wildman–Crippen MR) is 91.9 cm³/mol. The van der Waals surface area contributed by atoms with Gasteiger partial charge in [0.15, 0.2) is 0 Å². The molecule has 26 heavy (non-hydrogen) atoms. The van der Waals surface area contributed by atoms with Crippen molar-refractivity contribution < 1.29 is 18.7 Å². The molecule has 7 heteroatoms. The Kier molecular flexibility index (Phi) is 4.65. The summed E-state index contributed by atoms with van der Waals surface area (Å²) >= 11 is 0. The molecule has 1 aromatic heterocycles. The molecule has 3 aliphatic rings. The summed E-state index contributed by atoms with van der Waals surface area (Å²) in [5, 5.41) is 0. The van der Waals surface area contributed by atoms with Gasteiger partial charge in [0, 0.05) is 45.1 Å². The van der Waals surface area contributed by atoms with E-state index in [1.54, 1.807) is 4.90 Å². The zero-order valence-corrected chi connectivity index (χ0v) is 14.8. The Morgan fingerprint density at radius 2 is 2.04 bits per heavy atom. The van der Waals surface area contributed by atoms with Crippen LogP contribution in [0.2, 0.25) is 0 Å². The van der Waals surface area contributed by atoms with Gasteiger partial charge in [-0.05, 0) is 38.2 Å². The van der Waals surface area contributed by atoms with E-state index < -0.39 is 11.2 Å². The number of rotatable bonds is 2. The lowest BCUT2D eigenvalue weighted by Crippen LogP contribution is -2.55. The Hall–Kier alpha value is -2.02. The second kappa shape index (κ2) is 6.95. The van der Waals surface area contributed by atoms with Gasteiger partial charge in [0.05, 0.1) is 17.2 Å². The topological polar surface area (TPSA) is 62.7 Å². The van der Waals surface area contributed by atoms with Gasteiger partial charge in [-0.25, -0.2) is 4.39 Å². The third kappa shape index (κ3) is 3.09. The fraction of sp³-hybridized carbons (Fsp3) is 0.632. The Morgan fingerprint density at radius 1 is 1.23 bits per heavy atom. The molecular weight excluding hydrogens is 337 g/mol. The number of carbonyl (C=O) groups is 2. The normalized spacial score (nSPS) is 27.3. The van der Waals surface area contributed by atoms with E-state index in [2.05, 4.69) is 4.98 Å². The van der Waals surface area contributed by atoms with Gasteiger partial charge in [-0.2, -0.15) is 0 Å². The molecule has 0 bridgehead atoms. The average molecular weight is 361 g/mol. The molecular formula is C19H24FN3O3. The molecule has 2 amide bonds. The molecule has 0 aliphatic carbocycles. The summed E-state index contributed by atoms with van der Waals surface area (Å²) in [6.45, 7) is 3.16. The van der Waals surface area contributed by atoms with Crippen molar-refractivity contribution in [3.63, 3.8) is 0 Å². The van der Waals surface area contributed by atoms with Gasteiger partial charge < -0.3 is 14.5 Å². The number of pyridine rings is 1. The van der Waals surface area contributed by atoms with Crippen LogP contribution >= 0.6 is 0 Å². The van der Waals surface area contributed by atoms with Crippen molar-refractivity contribution in [1.29, 1.82) is 0 Å². The molecule has 1 aromatic rings. The van der Waals surface area contributed by atoms with Crippen LogP contribution in [-0.2, 0) is 9.53 Å². The average Bonchev–Trinajstić information content (AvgIpc) is 3.09. The smallest absolute Gasteiger partial charge is 0.255 e. The highest BCUT2D eigenvalue weighted by Gasteiger charge is 2.50. The number of halogens is 1. The van der Waals surface area contributed by atoms with E-state index in [1.807, 2.05) is 4.90 Å². The van der Waals surface area contributed by atoms with Crippen LogP contribution in [0.25, 0.3) is 0 Å². The number of likely N-dealkylation sites (tertiary alicyclic amines) is 2. The van der Waals surface area contributed by atoms with Crippen LogP contribution in [0.1, 0.15) is 42.5 Å². The summed E-state index contributed by atoms with van der Waals surface area (Å²) in [4.78, 5) is 33.4. The highest BCUT2D eigenvalue weighted by atomic mass is 19.1. The van der Waals surface area contributed by atoms with Crippen molar-refractivity contribution in [2.24, 2.45) is 5.41 Å². The van der Waals surface area contributed by atoms with E-state index in [1.165, 1.54) is 12.3 Å². The Morgan fingerprint density at radius 3 is 2.81 bits per heavy atom. The number of piperidine rings is 1. The third-order valence-electron chi connectivity index (χ3n) is 5.99. The summed E-state index contributed by atoms with van der Waals surface area (Å²) in [7, 11) is 0. The maximum atomic E-state index is 13.4. The molecule has 0 aromatic carbocycles. The van der Waals surface area contributed by atoms with Crippen molar-refractivity contribution in [1.82, 2.24) is 14.8 Å². The molecule has 0 saturated carbocycles. The fourth-order valence-corrected chi connectivity index (χ4v) is 4.58. The van der Waals surface area contributed by atoms with Gasteiger partial charge in [-0.15, -0.1) is 0 Å². The first kappa shape index (κ1) is 17.4. The summed E-state index contributed by atoms with van der Waals surface area (Å²) in [5.74, 6) is -0.586. The molecule has 0 N–H and O–H groups in total. The zero-order valence-electron chi connectivity index (χ0n) is 14.8. The first-order valence-corrected chi connectivity index (χ1v) is 9.38. The minimum Gasteiger partial charge on any atom is -0.381 e. The molecule has 140 valence electrons. The first-order valence-electron chi connectivity index (χ1n) is 9.38. The highest BCUT2D eigenvalue weighted by Crippen LogP contribution is 2.41. The van der Waals surface area contributed by atoms with Crippen LogP contribution in [0.3, 0.4) is 0 Å². The van der Waals surface area contributed by atoms with Gasteiger partial charge in [-0.3, -0.25) is 14.6 Å². The fourth-order valence-electron chi connectivity index (χ4n) is 4.58. The molecule has 1 atom stereocenters. The molecule has 6 nitrogen and oxygen atoms in total. The lowest BCUT2D eigenvalue weighted by Gasteiger charge is -2.44. The van der Waals surface area contributed by atoms with Crippen molar-refractivity contribution in [3.8, 4) is 0 Å². The van der Waals surface area contributed by atoms with Crippen LogP contribution in [0.4, 0.5) is 4.39 Å². The van der Waals surface area contributed by atoms with E-state index in [0.717, 1.165) is 38.4 Å². The quantitative estimate of drug-likeness (QED) is 0.807. The first-order chi connectivity index (χ1) is 12.6. The number of hydrogen-bond acceptors (Lipinski definition) is 4. The minimum absolute atomic E-state index is 0.184. The van der Waals surface area contributed by atoms with Crippen LogP contribution in [0.5, 0.6) is 0 Å². The van der Waals surface area contributed by atoms with Crippen molar-refractivity contribution in [2.45, 2.75) is 38.1 Å². The molecule has 1 spiro atoms. The number of carbonyl (C=O) groups excluding carboxylic acids is 2. The van der Waals surface area contributed by atoms with Crippen molar-refractivity contribution in [3.05, 3.63) is 29.8 Å². The molecule has 4 rings (SSSR count). The van der Waals surface area contributed by atoms with Crippen LogP contribution < -0.4 is 0 Å². The molecule has 0 radical (unpaired) electrons. The number of amides is 2. The highest BCUT2D eigenvalue weighted by molar-refractivity contribution is 5.95. The largest absolute Gasteiger partial charge is 0.381 e. The Bertz CT molecular complexity index is 707. The second-order valence-electron chi connectivity index (χ2n) is 7.59. The Balaban J connectivity index is 1.49. The summed E-state index contributed by atoms with van der Waals surface area (Å²) in [5.41, 5.74) is -0.237. The maximum Gasteiger partial charge on any atom is 0.255 e. The standard InChI is InChI=1S/C19H24FN3O3/c20-15-10-14(11-21-12-15)17(24)22-7-5-19(13-22)4-1-6-23(18(19)25)16-2-8-26-9-3-16/h10-12,16H,1-9,13H2. The number of ether oxygens (including phenoxy) is 1. The minimum atomic E-state index is -0.524. The van der Waals surface area contributed by atoms with Crippen molar-refractivity contribution in [2.75, 3.05) is 32.8 Å². The molecule has 3 fully saturated rings. The predicted octanol–water partition coefficient (Wildman–Crippen LogP) is 1.85. The zero-order chi connectivity index (χ0) is 18.1. The number of nitrogens with zero attached hydrogens (tertiary/aromatic N) is 3. The molecule has 3 saturated heterocycles. The van der Waals surface area contributed by atoms with E-state index in [0.29, 0.717) is 32.7 Å². The van der Waals surface area contributed by atoms with Gasteiger partial charge >= 0.3 is 0 Å². The van der Waals surface area contributed by atoms with Gasteiger partial charge in [0.2, 0.25) is 5.91 Å². The van der Waals surface area contributed by atoms with Gasteiger partial charge in [0.25, 0.3) is 5.91 Å². The van der Waals surface area contributed by atoms with E-state index >= 15 is 0 Å². The van der Waals surface area contributed by atoms with Crippen LogP contribution in [0, 0.1) is 11.2 Å². The van der Waals surface area contributed by atoms with E-state index in [-0.39, 0.29) is 23.4 Å². The van der Waals surface area contributed by atoms with E-state index in [4.69, 9.17) is 4.74 Å². The lowest BCUT2D eigenvalue weighted by molar-refractivity contribution is -0.150. The monoisotopic (exact) mass is 361 g/mol. The number of hydrogen-bond donors (Lipinski definition) is 0. The van der Waals surface area contributed by atoms with Gasteiger partial charge in [-0.1, -0.05) is 0 Å². The number of aromatic nitrogens is 1. The molecule has 4 heterocycles. The molecule has 3 aliphatic heterocycles. The van der Waals surface area contributed by atoms with E-state index in [9.17, 15) is 14.0 Å². The van der Waals surface area contributed by atoms with Gasteiger partial charge in [0.1, 0.15) is 5.82 Å². The molecule has 1 unspecified atom stereocenters. The summed E-state index contributed by atoms with van der Waals surface area (Å²) < 4.78 is 18.8. The van der Waals surface area contributed by atoms with Crippen LogP contribution in [-0.4, -0.2) is 65.5 Å². The third-order valence-corrected chi connectivity index (χ3v) is 5.99. The van der Waals surface area contributed by atoms with Crippen LogP contribution in [0.15, 0.2) is 18.5 Å². The lowest BCUT2D eigenvalue weighted by atomic mass is 9.77. The van der Waals surface area contributed by atoms with Crippen molar-refractivity contribution >= 4 is 11.8 Å². The maximum absolute atomic E-state index is 13.4.